The van der Waals surface area contributed by atoms with Gasteiger partial charge in [0.1, 0.15) is 12.2 Å². The van der Waals surface area contributed by atoms with Gasteiger partial charge in [0.05, 0.1) is 12.2 Å². The monoisotopic (exact) mass is 515 g/mol. The number of piperidine rings is 1. The zero-order valence-corrected chi connectivity index (χ0v) is 21.5. The lowest BCUT2D eigenvalue weighted by atomic mass is 9.79. The number of amides is 2. The van der Waals surface area contributed by atoms with E-state index in [1.165, 1.54) is 11.1 Å². The third-order valence-corrected chi connectivity index (χ3v) is 8.31. The molecule has 2 amide bonds. The maximum Gasteiger partial charge on any atom is 0.317 e. The highest BCUT2D eigenvalue weighted by Gasteiger charge is 2.50. The Kier molecular flexibility index (Phi) is 8.19. The fourth-order valence-corrected chi connectivity index (χ4v) is 5.52. The van der Waals surface area contributed by atoms with Gasteiger partial charge in [-0.05, 0) is 52.4 Å². The Labute approximate surface area is 211 Å². The first-order valence-electron chi connectivity index (χ1n) is 13.3. The number of carbonyl (C=O) groups excluding carboxylic acids is 1. The van der Waals surface area contributed by atoms with Crippen molar-refractivity contribution in [2.24, 2.45) is 21.5 Å². The zero-order chi connectivity index (χ0) is 26.1. The average Bonchev–Trinajstić information content (AvgIpc) is 3.32. The Morgan fingerprint density at radius 3 is 2.47 bits per heavy atom. The lowest BCUT2D eigenvalue weighted by Gasteiger charge is -2.42. The molecule has 2 heterocycles. The Morgan fingerprint density at radius 1 is 1.19 bits per heavy atom. The van der Waals surface area contributed by atoms with Gasteiger partial charge in [-0.25, -0.2) is 23.0 Å². The van der Waals surface area contributed by atoms with Crippen LogP contribution in [0.2, 0.25) is 0 Å². The summed E-state index contributed by atoms with van der Waals surface area (Å²) >= 11 is 0. The molecule has 0 radical (unpaired) electrons. The molecule has 0 aromatic heterocycles. The third-order valence-electron chi connectivity index (χ3n) is 8.31. The summed E-state index contributed by atoms with van der Waals surface area (Å²) in [6.07, 6.45) is 2.48. The first-order chi connectivity index (χ1) is 17.0. The number of likely N-dealkylation sites (tertiary alicyclic amines) is 2. The Hall–Kier alpha value is -1.88. The van der Waals surface area contributed by atoms with E-state index in [4.69, 9.17) is 4.74 Å². The van der Waals surface area contributed by atoms with Gasteiger partial charge in [0, 0.05) is 56.2 Å². The maximum atomic E-state index is 15.0. The summed E-state index contributed by atoms with van der Waals surface area (Å²) in [6, 6.07) is -1.52. The second kappa shape index (κ2) is 10.8. The molecule has 36 heavy (non-hydrogen) atoms. The molecular formula is C25H40F3N5O3. The van der Waals surface area contributed by atoms with E-state index in [9.17, 15) is 23.2 Å². The molecule has 0 aromatic carbocycles. The molecule has 4 fully saturated rings. The molecule has 0 aromatic rings. The van der Waals surface area contributed by atoms with Crippen LogP contribution in [0.1, 0.15) is 65.7 Å². The summed E-state index contributed by atoms with van der Waals surface area (Å²) in [5.41, 5.74) is -0.589. The first kappa shape index (κ1) is 27.2. The zero-order valence-electron chi connectivity index (χ0n) is 21.5. The van der Waals surface area contributed by atoms with E-state index in [0.29, 0.717) is 51.2 Å². The Morgan fingerprint density at radius 2 is 1.89 bits per heavy atom. The molecule has 2 saturated carbocycles. The van der Waals surface area contributed by atoms with Crippen molar-refractivity contribution in [1.29, 1.82) is 0 Å². The van der Waals surface area contributed by atoms with Gasteiger partial charge in [-0.2, -0.15) is 0 Å². The Bertz CT molecular complexity index is 847. The number of oxime groups is 1. The predicted molar refractivity (Wildman–Crippen MR) is 131 cm³/mol. The summed E-state index contributed by atoms with van der Waals surface area (Å²) in [4.78, 5) is 21.1. The molecule has 11 heteroatoms. The molecule has 2 aliphatic heterocycles. The lowest BCUT2D eigenvalue weighted by molar-refractivity contribution is -0.138. The van der Waals surface area contributed by atoms with Crippen LogP contribution in [0, 0.1) is 11.3 Å². The van der Waals surface area contributed by atoms with Crippen LogP contribution in [0.5, 0.6) is 0 Å². The highest BCUT2D eigenvalue weighted by atomic mass is 19.3. The topological polar surface area (TPSA) is 89.8 Å². The highest BCUT2D eigenvalue weighted by molar-refractivity contribution is 5.94. The minimum atomic E-state index is -3.04. The average molecular weight is 516 g/mol. The number of rotatable bonds is 6. The molecule has 5 atom stereocenters. The number of amidine groups is 1. The van der Waals surface area contributed by atoms with Crippen LogP contribution in [0.3, 0.4) is 0 Å². The van der Waals surface area contributed by atoms with E-state index in [1.54, 1.807) is 0 Å². The summed E-state index contributed by atoms with van der Waals surface area (Å²) < 4.78 is 49.2. The van der Waals surface area contributed by atoms with Gasteiger partial charge in [-0.15, -0.1) is 0 Å². The van der Waals surface area contributed by atoms with Crippen molar-refractivity contribution in [3.05, 3.63) is 0 Å². The van der Waals surface area contributed by atoms with E-state index < -0.39 is 35.7 Å². The summed E-state index contributed by atoms with van der Waals surface area (Å²) in [7, 11) is 0. The van der Waals surface area contributed by atoms with E-state index in [-0.39, 0.29) is 24.3 Å². The predicted octanol–water partition coefficient (Wildman–Crippen LogP) is 4.07. The molecule has 0 bridgehead atoms. The van der Waals surface area contributed by atoms with Gasteiger partial charge < -0.3 is 20.2 Å². The van der Waals surface area contributed by atoms with E-state index in [1.807, 2.05) is 6.92 Å². The molecule has 0 spiro atoms. The molecule has 204 valence electrons. The maximum absolute atomic E-state index is 15.0. The third kappa shape index (κ3) is 6.15. The van der Waals surface area contributed by atoms with Gasteiger partial charge in [0.15, 0.2) is 5.84 Å². The van der Waals surface area contributed by atoms with E-state index in [0.717, 1.165) is 19.5 Å². The number of nitrogens with one attached hydrogen (secondary N) is 1. The second-order valence-electron chi connectivity index (χ2n) is 11.4. The van der Waals surface area contributed by atoms with Crippen molar-refractivity contribution in [3.8, 4) is 0 Å². The minimum absolute atomic E-state index is 0.110. The number of hydrogen-bond donors (Lipinski definition) is 2. The van der Waals surface area contributed by atoms with Gasteiger partial charge in [-0.3, -0.25) is 4.90 Å². The van der Waals surface area contributed by atoms with Crippen LogP contribution in [-0.2, 0) is 4.74 Å². The van der Waals surface area contributed by atoms with E-state index >= 15 is 0 Å². The molecule has 8 nitrogen and oxygen atoms in total. The number of aliphatic imine (C=N–C) groups is 1. The SMILES string of the molecule is CC(C)N1CC[C@@H](O[C@H]2CCCC(F)(F)[C@@H]2NC(=O)N2CCC(C)(C(=N/O)/N=C/[C@@H]3C[C@@H]3F)CC2)C1. The van der Waals surface area contributed by atoms with Crippen molar-refractivity contribution < 1.29 is 27.9 Å². The van der Waals surface area contributed by atoms with Crippen LogP contribution in [0.25, 0.3) is 0 Å². The summed E-state index contributed by atoms with van der Waals surface area (Å²) in [5.74, 6) is -3.07. The number of hydrogen-bond acceptors (Lipinski definition) is 5. The van der Waals surface area contributed by atoms with Crippen LogP contribution in [0.15, 0.2) is 10.1 Å². The highest BCUT2D eigenvalue weighted by Crippen LogP contribution is 2.38. The van der Waals surface area contributed by atoms with Crippen molar-refractivity contribution in [2.75, 3.05) is 26.2 Å². The fourth-order valence-electron chi connectivity index (χ4n) is 5.52. The normalized spacial score (nSPS) is 34.9. The molecule has 4 aliphatic rings. The number of nitrogens with zero attached hydrogens (tertiary/aromatic N) is 4. The van der Waals surface area contributed by atoms with Crippen molar-refractivity contribution in [2.45, 2.75) is 102 Å². The number of ether oxygens (including phenoxy) is 1. The first-order valence-corrected chi connectivity index (χ1v) is 13.3. The minimum Gasteiger partial charge on any atom is -0.409 e. The van der Waals surface area contributed by atoms with Gasteiger partial charge in [0.2, 0.25) is 0 Å². The molecule has 2 saturated heterocycles. The number of carbonyl (C=O) groups is 1. The lowest BCUT2D eigenvalue weighted by Crippen LogP contribution is -2.61. The summed E-state index contributed by atoms with van der Waals surface area (Å²) in [5, 5.41) is 15.4. The van der Waals surface area contributed by atoms with Gasteiger partial charge in [-0.1, -0.05) is 12.1 Å². The number of urea groups is 1. The van der Waals surface area contributed by atoms with E-state index in [2.05, 4.69) is 34.2 Å². The van der Waals surface area contributed by atoms with Crippen molar-refractivity contribution >= 4 is 18.1 Å². The van der Waals surface area contributed by atoms with Crippen LogP contribution >= 0.6 is 0 Å². The quantitative estimate of drug-likeness (QED) is 0.242. The summed E-state index contributed by atoms with van der Waals surface area (Å²) in [6.45, 7) is 8.32. The molecular weight excluding hydrogens is 475 g/mol. The smallest absolute Gasteiger partial charge is 0.317 e. The van der Waals surface area contributed by atoms with Gasteiger partial charge in [0.25, 0.3) is 5.92 Å². The molecule has 4 rings (SSSR count). The molecule has 2 N–H and O–H groups in total. The van der Waals surface area contributed by atoms with Crippen LogP contribution < -0.4 is 5.32 Å². The van der Waals surface area contributed by atoms with Gasteiger partial charge >= 0.3 is 6.03 Å². The largest absolute Gasteiger partial charge is 0.409 e. The van der Waals surface area contributed by atoms with Crippen molar-refractivity contribution in [3.63, 3.8) is 0 Å². The number of alkyl halides is 3. The van der Waals surface area contributed by atoms with Crippen molar-refractivity contribution in [1.82, 2.24) is 15.1 Å². The van der Waals surface area contributed by atoms with Crippen LogP contribution in [-0.4, -0.2) is 95.7 Å². The standard InChI is InChI=1S/C25H40F3N5O3/c1-16(2)33-10-6-18(15-33)36-20-5-4-7-25(27,28)21(20)30-23(34)32-11-8-24(3,9-12-32)22(31-35)29-14-17-13-19(17)26/h14,16-21,35H,4-13,15H2,1-3H3,(H,30,34)/b29-14+,31-22-/t17-,18+,19-,20-,21+/m0/s1. The molecule has 0 unspecified atom stereocenters. The Balaban J connectivity index is 1.34. The second-order valence-corrected chi connectivity index (χ2v) is 11.4. The molecule has 2 aliphatic carbocycles. The fraction of sp³-hybridized carbons (Fsp3) is 0.880. The number of halogens is 3. The van der Waals surface area contributed by atoms with Crippen LogP contribution in [0.4, 0.5) is 18.0 Å².